The van der Waals surface area contributed by atoms with E-state index < -0.39 is 7.60 Å². The van der Waals surface area contributed by atoms with E-state index in [2.05, 4.69) is 4.98 Å². The summed E-state index contributed by atoms with van der Waals surface area (Å²) in [4.78, 5) is 5.53. The summed E-state index contributed by atoms with van der Waals surface area (Å²) in [5.74, 6) is 0.631. The summed E-state index contributed by atoms with van der Waals surface area (Å²) in [5.41, 5.74) is 8.73. The fourth-order valence-electron chi connectivity index (χ4n) is 2.62. The smallest absolute Gasteiger partial charge is 0.367 e. The van der Waals surface area contributed by atoms with Gasteiger partial charge in [0.1, 0.15) is 5.75 Å². The van der Waals surface area contributed by atoms with E-state index in [1.807, 2.05) is 18.2 Å². The number of rotatable bonds is 7. The van der Waals surface area contributed by atoms with Gasteiger partial charge >= 0.3 is 7.60 Å². The molecule has 2 N–H and O–H groups in total. The van der Waals surface area contributed by atoms with Crippen molar-refractivity contribution in [2.45, 2.75) is 20.3 Å². The zero-order chi connectivity index (χ0) is 16.4. The van der Waals surface area contributed by atoms with Crippen molar-refractivity contribution in [1.29, 1.82) is 0 Å². The number of nitrogens with two attached hydrogens (primary N) is 1. The van der Waals surface area contributed by atoms with Crippen LogP contribution >= 0.6 is 18.9 Å². The molecule has 3 rings (SSSR count). The molecule has 8 heteroatoms. The molecule has 0 aliphatic heterocycles. The van der Waals surface area contributed by atoms with Crippen molar-refractivity contribution in [2.75, 3.05) is 25.3 Å². The Bertz CT molecular complexity index is 752. The average Bonchev–Trinajstić information content (AvgIpc) is 3.01. The van der Waals surface area contributed by atoms with Crippen LogP contribution in [0.2, 0.25) is 0 Å². The number of hydrogen-bond donors (Lipinski definition) is 1. The van der Waals surface area contributed by atoms with E-state index >= 15 is 0 Å². The van der Waals surface area contributed by atoms with E-state index in [-0.39, 0.29) is 6.35 Å². The summed E-state index contributed by atoms with van der Waals surface area (Å²) >= 11 is 1.49. The first kappa shape index (κ1) is 16.5. The number of thiazole rings is 1. The van der Waals surface area contributed by atoms with Crippen molar-refractivity contribution in [1.82, 2.24) is 4.98 Å². The zero-order valence-electron chi connectivity index (χ0n) is 13.1. The van der Waals surface area contributed by atoms with Gasteiger partial charge in [0.05, 0.1) is 18.9 Å². The van der Waals surface area contributed by atoms with Gasteiger partial charge in [-0.25, -0.2) is 4.98 Å². The summed E-state index contributed by atoms with van der Waals surface area (Å²) in [7, 11) is -3.25. The van der Waals surface area contributed by atoms with Crippen LogP contribution < -0.4 is 10.5 Å². The Kier molecular flexibility index (Phi) is 4.73. The molecule has 0 atom stereocenters. The van der Waals surface area contributed by atoms with Gasteiger partial charge in [0, 0.05) is 16.9 Å². The molecule has 124 valence electrons. The molecule has 1 aromatic carbocycles. The number of benzene rings is 1. The van der Waals surface area contributed by atoms with Crippen molar-refractivity contribution in [3.63, 3.8) is 0 Å². The van der Waals surface area contributed by atoms with Crippen molar-refractivity contribution >= 4 is 24.1 Å². The third-order valence-corrected chi connectivity index (χ3v) is 6.08. The Hall–Kier alpha value is -1.40. The van der Waals surface area contributed by atoms with Gasteiger partial charge < -0.3 is 19.5 Å². The third kappa shape index (κ3) is 3.28. The van der Waals surface area contributed by atoms with Gasteiger partial charge in [-0.1, -0.05) is 12.1 Å². The van der Waals surface area contributed by atoms with Gasteiger partial charge in [0.15, 0.2) is 11.5 Å². The Morgan fingerprint density at radius 3 is 2.74 bits per heavy atom. The summed E-state index contributed by atoms with van der Waals surface area (Å²) in [6.45, 7) is 4.16. The Labute approximate surface area is 139 Å². The summed E-state index contributed by atoms with van der Waals surface area (Å²) in [6, 6.07) is 5.80. The van der Waals surface area contributed by atoms with Gasteiger partial charge in [-0.15, -0.1) is 11.3 Å². The van der Waals surface area contributed by atoms with Crippen LogP contribution in [0, 0.1) is 0 Å². The Morgan fingerprint density at radius 2 is 2.04 bits per heavy atom. The maximum Gasteiger partial charge on any atom is 0.367 e. The topological polar surface area (TPSA) is 83.7 Å². The molecule has 0 saturated carbocycles. The molecule has 0 fully saturated rings. The normalized spacial score (nSPS) is 13.0. The minimum absolute atomic E-state index is 0.125. The highest BCUT2D eigenvalue weighted by Gasteiger charge is 2.29. The van der Waals surface area contributed by atoms with E-state index in [4.69, 9.17) is 19.5 Å². The number of ether oxygens (including phenoxy) is 1. The first-order chi connectivity index (χ1) is 11.1. The second-order valence-electron chi connectivity index (χ2n) is 5.01. The predicted octanol–water partition coefficient (Wildman–Crippen LogP) is 3.90. The largest absolute Gasteiger partial charge is 0.480 e. The molecule has 0 amide bonds. The van der Waals surface area contributed by atoms with Gasteiger partial charge in [-0.2, -0.15) is 0 Å². The minimum Gasteiger partial charge on any atom is -0.480 e. The highest BCUT2D eigenvalue weighted by Crippen LogP contribution is 2.50. The molecule has 1 aromatic heterocycles. The van der Waals surface area contributed by atoms with Crippen LogP contribution in [0.3, 0.4) is 0 Å². The van der Waals surface area contributed by atoms with Crippen LogP contribution in [-0.4, -0.2) is 24.5 Å². The second kappa shape index (κ2) is 6.61. The monoisotopic (exact) mass is 354 g/mol. The summed E-state index contributed by atoms with van der Waals surface area (Å²) in [6.07, 6.45) is 0.672. The van der Waals surface area contributed by atoms with Crippen LogP contribution in [0.25, 0.3) is 11.3 Å². The third-order valence-electron chi connectivity index (χ3n) is 3.44. The SMILES string of the molecule is CCOP(=O)(COc1cccc2c1-c1nc(N)sc1C2)OCC. The molecular weight excluding hydrogens is 335 g/mol. The minimum atomic E-state index is -3.25. The standard InChI is InChI=1S/C15H19N2O4PS/c1-3-20-22(18,21-4-2)9-19-11-7-5-6-10-8-12-14(13(10)11)17-15(16)23-12/h5-7H,3-4,8-9H2,1-2H3,(H2,16,17). The quantitative estimate of drug-likeness (QED) is 0.648. The maximum absolute atomic E-state index is 12.5. The van der Waals surface area contributed by atoms with Gasteiger partial charge in [0.2, 0.25) is 0 Å². The zero-order valence-corrected chi connectivity index (χ0v) is 14.8. The maximum atomic E-state index is 12.5. The summed E-state index contributed by atoms with van der Waals surface area (Å²) < 4.78 is 28.8. The van der Waals surface area contributed by atoms with Crippen molar-refractivity contribution in [3.05, 3.63) is 28.6 Å². The molecule has 0 unspecified atom stereocenters. The lowest BCUT2D eigenvalue weighted by Crippen LogP contribution is -2.06. The van der Waals surface area contributed by atoms with Crippen molar-refractivity contribution in [2.24, 2.45) is 0 Å². The molecule has 1 aliphatic rings. The molecule has 23 heavy (non-hydrogen) atoms. The van der Waals surface area contributed by atoms with E-state index in [1.165, 1.54) is 11.3 Å². The Morgan fingerprint density at radius 1 is 1.30 bits per heavy atom. The number of anilines is 1. The fourth-order valence-corrected chi connectivity index (χ4v) is 4.79. The number of hydrogen-bond acceptors (Lipinski definition) is 7. The van der Waals surface area contributed by atoms with Gasteiger partial charge in [0.25, 0.3) is 0 Å². The lowest BCUT2D eigenvalue weighted by Gasteiger charge is -2.18. The summed E-state index contributed by atoms with van der Waals surface area (Å²) in [5, 5.41) is 0.546. The fraction of sp³-hybridized carbons (Fsp3) is 0.400. The average molecular weight is 354 g/mol. The molecule has 1 heterocycles. The van der Waals surface area contributed by atoms with Crippen LogP contribution in [0.5, 0.6) is 5.75 Å². The van der Waals surface area contributed by atoms with Crippen LogP contribution in [0.4, 0.5) is 5.13 Å². The first-order valence-corrected chi connectivity index (χ1v) is 9.99. The van der Waals surface area contributed by atoms with Gasteiger partial charge in [-0.05, 0) is 25.5 Å². The van der Waals surface area contributed by atoms with E-state index in [9.17, 15) is 4.57 Å². The van der Waals surface area contributed by atoms with Crippen LogP contribution in [0.15, 0.2) is 18.2 Å². The van der Waals surface area contributed by atoms with Crippen molar-refractivity contribution in [3.8, 4) is 17.0 Å². The highest BCUT2D eigenvalue weighted by molar-refractivity contribution is 7.53. The highest BCUT2D eigenvalue weighted by atomic mass is 32.1. The van der Waals surface area contributed by atoms with Gasteiger partial charge in [-0.3, -0.25) is 4.57 Å². The first-order valence-electron chi connectivity index (χ1n) is 7.44. The molecule has 0 radical (unpaired) electrons. The van der Waals surface area contributed by atoms with E-state index in [0.717, 1.165) is 28.1 Å². The number of nitrogen functional groups attached to an aromatic ring is 1. The predicted molar refractivity (Wildman–Crippen MR) is 91.1 cm³/mol. The molecule has 0 spiro atoms. The molecule has 1 aliphatic carbocycles. The number of aromatic nitrogens is 1. The van der Waals surface area contributed by atoms with Crippen molar-refractivity contribution < 1.29 is 18.3 Å². The molecule has 6 nitrogen and oxygen atoms in total. The van der Waals surface area contributed by atoms with E-state index in [0.29, 0.717) is 24.1 Å². The van der Waals surface area contributed by atoms with E-state index in [1.54, 1.807) is 13.8 Å². The lowest BCUT2D eigenvalue weighted by molar-refractivity contribution is 0.197. The molecule has 2 aromatic rings. The van der Waals surface area contributed by atoms with Crippen LogP contribution in [0.1, 0.15) is 24.3 Å². The lowest BCUT2D eigenvalue weighted by atomic mass is 10.1. The molecular formula is C15H19N2O4PS. The Balaban J connectivity index is 1.86. The molecule has 0 saturated heterocycles. The second-order valence-corrected chi connectivity index (χ2v) is 8.12. The molecule has 0 bridgehead atoms. The number of fused-ring (bicyclic) bond motifs is 3. The number of nitrogens with zero attached hydrogens (tertiary/aromatic N) is 1. The van der Waals surface area contributed by atoms with Crippen LogP contribution in [-0.2, 0) is 20.0 Å².